The molecule has 0 bridgehead atoms. The summed E-state index contributed by atoms with van der Waals surface area (Å²) in [7, 11) is 0. The molecule has 2 atom stereocenters. The Morgan fingerprint density at radius 3 is 2.61 bits per heavy atom. The van der Waals surface area contributed by atoms with Gasteiger partial charge in [0.1, 0.15) is 0 Å². The highest BCUT2D eigenvalue weighted by Gasteiger charge is 2.49. The van der Waals surface area contributed by atoms with Gasteiger partial charge in [-0.1, -0.05) is 25.1 Å². The van der Waals surface area contributed by atoms with Gasteiger partial charge in [-0.05, 0) is 18.1 Å². The first kappa shape index (κ1) is 12.5. The number of rotatable bonds is 2. The van der Waals surface area contributed by atoms with E-state index in [0.717, 1.165) is 32.7 Å². The monoisotopic (exact) mass is 264 g/mol. The van der Waals surface area contributed by atoms with E-state index >= 15 is 0 Å². The van der Waals surface area contributed by atoms with Crippen LogP contribution >= 0.6 is 11.8 Å². The molecule has 2 heterocycles. The lowest BCUT2D eigenvalue weighted by Gasteiger charge is -2.38. The van der Waals surface area contributed by atoms with E-state index in [2.05, 4.69) is 37.3 Å². The van der Waals surface area contributed by atoms with Crippen LogP contribution in [-0.4, -0.2) is 30.7 Å². The van der Waals surface area contributed by atoms with Gasteiger partial charge >= 0.3 is 0 Å². The molecule has 0 amide bonds. The highest BCUT2D eigenvalue weighted by molar-refractivity contribution is 8.00. The van der Waals surface area contributed by atoms with Gasteiger partial charge in [-0.2, -0.15) is 0 Å². The molecule has 18 heavy (non-hydrogen) atoms. The number of thioether (sulfide) groups is 1. The van der Waals surface area contributed by atoms with Crippen LogP contribution in [0, 0.1) is 5.92 Å². The van der Waals surface area contributed by atoms with Gasteiger partial charge in [0.05, 0.1) is 12.2 Å². The maximum atomic E-state index is 6.18. The van der Waals surface area contributed by atoms with Crippen LogP contribution < -0.4 is 0 Å². The number of hydrogen-bond donors (Lipinski definition) is 0. The van der Waals surface area contributed by atoms with Crippen molar-refractivity contribution in [2.24, 2.45) is 5.92 Å². The summed E-state index contributed by atoms with van der Waals surface area (Å²) in [5, 5.41) is 0.559. The summed E-state index contributed by atoms with van der Waals surface area (Å²) >= 11 is 1.98. The Balaban J connectivity index is 1.79. The summed E-state index contributed by atoms with van der Waals surface area (Å²) in [4.78, 5) is 1.35. The number of ether oxygens (including phenoxy) is 2. The molecule has 2 aliphatic rings. The summed E-state index contributed by atoms with van der Waals surface area (Å²) < 4.78 is 11.7. The zero-order chi connectivity index (χ0) is 12.4. The molecule has 2 fully saturated rings. The minimum atomic E-state index is 0.0537. The minimum absolute atomic E-state index is 0.0537. The molecule has 1 aromatic carbocycles. The molecule has 0 aromatic heterocycles. The molecule has 2 aliphatic heterocycles. The Bertz CT molecular complexity index is 381. The van der Waals surface area contributed by atoms with Crippen LogP contribution in [-0.2, 0) is 9.47 Å². The fourth-order valence-electron chi connectivity index (χ4n) is 3.00. The second-order valence-electron chi connectivity index (χ2n) is 5.32. The summed E-state index contributed by atoms with van der Waals surface area (Å²) in [5.41, 5.74) is 0.0537. The van der Waals surface area contributed by atoms with E-state index < -0.39 is 0 Å². The molecule has 98 valence electrons. The van der Waals surface area contributed by atoms with Gasteiger partial charge in [0.2, 0.25) is 0 Å². The van der Waals surface area contributed by atoms with E-state index in [9.17, 15) is 0 Å². The van der Waals surface area contributed by atoms with Gasteiger partial charge in [0.15, 0.2) is 0 Å². The molecule has 0 unspecified atom stereocenters. The van der Waals surface area contributed by atoms with Gasteiger partial charge in [-0.25, -0.2) is 0 Å². The molecule has 1 spiro atoms. The van der Waals surface area contributed by atoms with E-state index in [1.807, 2.05) is 11.8 Å². The van der Waals surface area contributed by atoms with E-state index in [-0.39, 0.29) is 5.60 Å². The average Bonchev–Trinajstić information content (AvgIpc) is 2.71. The van der Waals surface area contributed by atoms with Crippen LogP contribution in [0.4, 0.5) is 0 Å². The smallest absolute Gasteiger partial charge is 0.0851 e. The van der Waals surface area contributed by atoms with Crippen molar-refractivity contribution in [3.63, 3.8) is 0 Å². The SMILES string of the molecule is C[C@H]1COC2(CCOCC2)[C@H]1Sc1ccccc1. The molecule has 1 aromatic rings. The van der Waals surface area contributed by atoms with Gasteiger partial charge < -0.3 is 9.47 Å². The van der Waals surface area contributed by atoms with Crippen molar-refractivity contribution in [3.05, 3.63) is 30.3 Å². The zero-order valence-corrected chi connectivity index (χ0v) is 11.6. The molecule has 3 rings (SSSR count). The van der Waals surface area contributed by atoms with Crippen molar-refractivity contribution in [2.75, 3.05) is 19.8 Å². The van der Waals surface area contributed by atoms with Gasteiger partial charge in [0, 0.05) is 36.2 Å². The number of benzene rings is 1. The van der Waals surface area contributed by atoms with Gasteiger partial charge in [-0.15, -0.1) is 11.8 Å². The molecule has 2 saturated heterocycles. The van der Waals surface area contributed by atoms with Gasteiger partial charge in [0.25, 0.3) is 0 Å². The lowest BCUT2D eigenvalue weighted by Crippen LogP contribution is -2.44. The Morgan fingerprint density at radius 2 is 1.89 bits per heavy atom. The second-order valence-corrected chi connectivity index (χ2v) is 6.53. The third-order valence-corrected chi connectivity index (χ3v) is 5.71. The van der Waals surface area contributed by atoms with Crippen molar-refractivity contribution in [1.29, 1.82) is 0 Å². The van der Waals surface area contributed by atoms with Crippen molar-refractivity contribution < 1.29 is 9.47 Å². The molecule has 0 aliphatic carbocycles. The number of hydrogen-bond acceptors (Lipinski definition) is 3. The summed E-state index contributed by atoms with van der Waals surface area (Å²) in [6, 6.07) is 10.7. The van der Waals surface area contributed by atoms with Crippen LogP contribution in [0.5, 0.6) is 0 Å². The van der Waals surface area contributed by atoms with Crippen LogP contribution in [0.15, 0.2) is 35.2 Å². The molecule has 0 radical (unpaired) electrons. The van der Waals surface area contributed by atoms with Crippen molar-refractivity contribution in [2.45, 2.75) is 35.5 Å². The Labute approximate surface area is 113 Å². The third-order valence-electron chi connectivity index (χ3n) is 4.01. The van der Waals surface area contributed by atoms with E-state index in [1.165, 1.54) is 4.90 Å². The molecule has 0 N–H and O–H groups in total. The van der Waals surface area contributed by atoms with E-state index in [4.69, 9.17) is 9.47 Å². The Kier molecular flexibility index (Phi) is 3.64. The first-order valence-electron chi connectivity index (χ1n) is 6.74. The molecular weight excluding hydrogens is 244 g/mol. The first-order valence-corrected chi connectivity index (χ1v) is 7.62. The standard InChI is InChI=1S/C15H20O2S/c1-12-11-17-15(7-9-16-10-8-15)14(12)18-13-5-3-2-4-6-13/h2-6,12,14H,7-11H2,1H3/t12-,14-/m0/s1. The molecule has 2 nitrogen and oxygen atoms in total. The lowest BCUT2D eigenvalue weighted by molar-refractivity contribution is -0.0754. The average molecular weight is 264 g/mol. The van der Waals surface area contributed by atoms with Crippen LogP contribution in [0.25, 0.3) is 0 Å². The Hall–Kier alpha value is -0.510. The van der Waals surface area contributed by atoms with Crippen LogP contribution in [0.1, 0.15) is 19.8 Å². The summed E-state index contributed by atoms with van der Waals surface area (Å²) in [6.07, 6.45) is 2.09. The first-order chi connectivity index (χ1) is 8.80. The second kappa shape index (κ2) is 5.24. The highest BCUT2D eigenvalue weighted by atomic mass is 32.2. The summed E-state index contributed by atoms with van der Waals surface area (Å²) in [5.74, 6) is 0.619. The summed E-state index contributed by atoms with van der Waals surface area (Å²) in [6.45, 7) is 4.90. The fourth-order valence-corrected chi connectivity index (χ4v) is 4.44. The fraction of sp³-hybridized carbons (Fsp3) is 0.600. The van der Waals surface area contributed by atoms with Gasteiger partial charge in [-0.3, -0.25) is 0 Å². The zero-order valence-electron chi connectivity index (χ0n) is 10.8. The van der Waals surface area contributed by atoms with Crippen LogP contribution in [0.3, 0.4) is 0 Å². The highest BCUT2D eigenvalue weighted by Crippen LogP contribution is 2.47. The molecule has 3 heteroatoms. The topological polar surface area (TPSA) is 18.5 Å². The maximum Gasteiger partial charge on any atom is 0.0851 e. The maximum absolute atomic E-state index is 6.18. The predicted molar refractivity (Wildman–Crippen MR) is 74.0 cm³/mol. The largest absolute Gasteiger partial charge is 0.381 e. The quantitative estimate of drug-likeness (QED) is 0.816. The van der Waals surface area contributed by atoms with E-state index in [0.29, 0.717) is 11.2 Å². The third kappa shape index (κ3) is 2.31. The Morgan fingerprint density at radius 1 is 1.17 bits per heavy atom. The minimum Gasteiger partial charge on any atom is -0.381 e. The normalized spacial score (nSPS) is 30.7. The predicted octanol–water partition coefficient (Wildman–Crippen LogP) is 3.36. The molecular formula is C15H20O2S. The van der Waals surface area contributed by atoms with Crippen LogP contribution in [0.2, 0.25) is 0 Å². The molecule has 0 saturated carbocycles. The lowest BCUT2D eigenvalue weighted by atomic mass is 9.87. The van der Waals surface area contributed by atoms with Crippen molar-refractivity contribution in [3.8, 4) is 0 Å². The van der Waals surface area contributed by atoms with Crippen molar-refractivity contribution >= 4 is 11.8 Å². The van der Waals surface area contributed by atoms with Crippen molar-refractivity contribution in [1.82, 2.24) is 0 Å². The van der Waals surface area contributed by atoms with E-state index in [1.54, 1.807) is 0 Å².